The molecule has 3 rings (SSSR count). The molecule has 1 heterocycles. The van der Waals surface area contributed by atoms with E-state index in [4.69, 9.17) is 0 Å². The molecule has 0 radical (unpaired) electrons. The zero-order chi connectivity index (χ0) is 32.7. The van der Waals surface area contributed by atoms with E-state index in [0.29, 0.717) is 5.56 Å². The molecule has 240 valence electrons. The van der Waals surface area contributed by atoms with E-state index in [2.05, 4.69) is 20.1 Å². The molecule has 0 saturated carbocycles. The van der Waals surface area contributed by atoms with E-state index in [0.717, 1.165) is 22.5 Å². The van der Waals surface area contributed by atoms with E-state index >= 15 is 0 Å². The van der Waals surface area contributed by atoms with Gasteiger partial charge in [-0.25, -0.2) is 8.42 Å². The average Bonchev–Trinajstić information content (AvgIpc) is 3.24. The molecule has 44 heavy (non-hydrogen) atoms. The van der Waals surface area contributed by atoms with Gasteiger partial charge in [0.2, 0.25) is 21.8 Å². The van der Waals surface area contributed by atoms with E-state index in [9.17, 15) is 37.2 Å². The number of alkyl halides is 2. The van der Waals surface area contributed by atoms with Crippen LogP contribution in [0.5, 0.6) is 11.5 Å². The van der Waals surface area contributed by atoms with Gasteiger partial charge in [0.1, 0.15) is 11.8 Å². The summed E-state index contributed by atoms with van der Waals surface area (Å²) in [6, 6.07) is 12.4. The largest absolute Gasteiger partial charge is 0.586 e. The number of hydrogen-bond acceptors (Lipinski definition) is 9. The molecule has 2 amide bonds. The highest BCUT2D eigenvalue weighted by atomic mass is 32.2. The molecule has 0 saturated heterocycles. The number of nitrogens with one attached hydrogen (secondary N) is 2. The van der Waals surface area contributed by atoms with Gasteiger partial charge < -0.3 is 30.1 Å². The molecular weight excluding hydrogens is 600 g/mol. The number of benzene rings is 2. The van der Waals surface area contributed by atoms with Gasteiger partial charge in [0.05, 0.1) is 23.9 Å². The summed E-state index contributed by atoms with van der Waals surface area (Å²) in [5.74, 6) is -2.11. The Morgan fingerprint density at radius 3 is 2.36 bits per heavy atom. The standard InChI is InChI=1S/C29H37F2N5O7S/c1-20(2)18-36(44(40,41)23-10-11-24-25(15-23)43-29(30,31)42-24)28(39,16-21-8-6-5-7-9-21)12-13-33-26(37)14-22(17-32)34-27(38)19-35(3)4/h5-11,15,20,22,39H,12-14,16,18-19H2,1-4H3,(H,33,37)(H,34,38). The highest BCUT2D eigenvalue weighted by Gasteiger charge is 2.46. The van der Waals surface area contributed by atoms with Crippen molar-refractivity contribution in [2.75, 3.05) is 33.7 Å². The van der Waals surface area contributed by atoms with Crippen molar-refractivity contribution >= 4 is 21.8 Å². The third-order valence-electron chi connectivity index (χ3n) is 6.47. The molecule has 1 aliphatic heterocycles. The number of carbonyl (C=O) groups excluding carboxylic acids is 2. The number of halogens is 2. The summed E-state index contributed by atoms with van der Waals surface area (Å²) >= 11 is 0. The molecule has 2 aromatic rings. The molecule has 0 spiro atoms. The number of rotatable bonds is 15. The first-order chi connectivity index (χ1) is 20.5. The first-order valence-electron chi connectivity index (χ1n) is 13.8. The summed E-state index contributed by atoms with van der Waals surface area (Å²) in [6.45, 7) is 3.18. The van der Waals surface area contributed by atoms with Crippen molar-refractivity contribution in [3.8, 4) is 17.6 Å². The summed E-state index contributed by atoms with van der Waals surface area (Å²) in [5.41, 5.74) is -1.49. The molecule has 0 bridgehead atoms. The second kappa shape index (κ2) is 14.3. The number of sulfonamides is 1. The Morgan fingerprint density at radius 2 is 1.75 bits per heavy atom. The van der Waals surface area contributed by atoms with Crippen LogP contribution in [0.1, 0.15) is 32.3 Å². The molecule has 0 aromatic heterocycles. The molecular formula is C29H37F2N5O7S. The average molecular weight is 638 g/mol. The van der Waals surface area contributed by atoms with Crippen molar-refractivity contribution in [2.24, 2.45) is 5.92 Å². The molecule has 2 unspecified atom stereocenters. The number of carbonyl (C=O) groups is 2. The number of ether oxygens (including phenoxy) is 2. The quantitative estimate of drug-likeness (QED) is 0.248. The third kappa shape index (κ3) is 9.33. The smallest absolute Gasteiger partial charge is 0.395 e. The SMILES string of the molecule is CC(C)CN(C(O)(CCNC(=O)CC(C#N)NC(=O)CN(C)C)Cc1ccccc1)S(=O)(=O)c1ccc2c(c1)OC(F)(F)O2. The van der Waals surface area contributed by atoms with Gasteiger partial charge in [-0.3, -0.25) is 9.59 Å². The van der Waals surface area contributed by atoms with Crippen LogP contribution in [-0.2, 0) is 26.0 Å². The maximum atomic E-state index is 14.0. The highest BCUT2D eigenvalue weighted by Crippen LogP contribution is 2.43. The Balaban J connectivity index is 1.86. The predicted molar refractivity (Wildman–Crippen MR) is 155 cm³/mol. The van der Waals surface area contributed by atoms with Crippen molar-refractivity contribution < 1.29 is 41.4 Å². The lowest BCUT2D eigenvalue weighted by Gasteiger charge is -2.40. The third-order valence-corrected chi connectivity index (χ3v) is 8.39. The van der Waals surface area contributed by atoms with Crippen LogP contribution in [0.2, 0.25) is 0 Å². The van der Waals surface area contributed by atoms with E-state index < -0.39 is 50.5 Å². The van der Waals surface area contributed by atoms with Crippen LogP contribution >= 0.6 is 0 Å². The fourth-order valence-corrected chi connectivity index (χ4v) is 6.43. The number of nitrogens with zero attached hydrogens (tertiary/aromatic N) is 3. The summed E-state index contributed by atoms with van der Waals surface area (Å²) in [6.07, 6.45) is -4.75. The monoisotopic (exact) mass is 637 g/mol. The lowest BCUT2D eigenvalue weighted by atomic mass is 9.98. The van der Waals surface area contributed by atoms with Crippen LogP contribution in [0.3, 0.4) is 0 Å². The second-order valence-corrected chi connectivity index (χ2v) is 13.0. The number of nitriles is 1. The number of fused-ring (bicyclic) bond motifs is 1. The maximum absolute atomic E-state index is 14.0. The molecule has 12 nitrogen and oxygen atoms in total. The second-order valence-electron chi connectivity index (χ2n) is 11.1. The lowest BCUT2D eigenvalue weighted by Crippen LogP contribution is -2.56. The Kier molecular flexibility index (Phi) is 11.3. The van der Waals surface area contributed by atoms with Gasteiger partial charge in [0, 0.05) is 32.0 Å². The maximum Gasteiger partial charge on any atom is 0.586 e. The van der Waals surface area contributed by atoms with Gasteiger partial charge in [-0.05, 0) is 37.7 Å². The van der Waals surface area contributed by atoms with Crippen LogP contribution in [0.25, 0.3) is 0 Å². The summed E-state index contributed by atoms with van der Waals surface area (Å²) in [7, 11) is -1.18. The zero-order valence-corrected chi connectivity index (χ0v) is 25.7. The molecule has 0 aliphatic carbocycles. The first kappa shape index (κ1) is 34.6. The summed E-state index contributed by atoms with van der Waals surface area (Å²) in [5, 5.41) is 26.5. The van der Waals surface area contributed by atoms with Gasteiger partial charge in [0.25, 0.3) is 0 Å². The normalized spacial score (nSPS) is 15.9. The Bertz CT molecular complexity index is 1470. The molecule has 2 aromatic carbocycles. The van der Waals surface area contributed by atoms with Crippen LogP contribution < -0.4 is 20.1 Å². The highest BCUT2D eigenvalue weighted by molar-refractivity contribution is 7.89. The van der Waals surface area contributed by atoms with Gasteiger partial charge in [-0.1, -0.05) is 44.2 Å². The van der Waals surface area contributed by atoms with E-state index in [1.165, 1.54) is 0 Å². The summed E-state index contributed by atoms with van der Waals surface area (Å²) < 4.78 is 65.1. The molecule has 3 N–H and O–H groups in total. The Morgan fingerprint density at radius 1 is 1.09 bits per heavy atom. The van der Waals surface area contributed by atoms with Crippen molar-refractivity contribution in [1.82, 2.24) is 19.8 Å². The molecule has 1 aliphatic rings. The number of amides is 2. The molecule has 15 heteroatoms. The topological polar surface area (TPSA) is 161 Å². The van der Waals surface area contributed by atoms with Crippen molar-refractivity contribution in [2.45, 2.75) is 56.1 Å². The Labute approximate surface area is 255 Å². The van der Waals surface area contributed by atoms with E-state index in [1.807, 2.05) is 6.07 Å². The minimum absolute atomic E-state index is 0.0261. The van der Waals surface area contributed by atoms with Crippen molar-refractivity contribution in [1.29, 1.82) is 5.26 Å². The zero-order valence-electron chi connectivity index (χ0n) is 24.9. The molecule has 0 fully saturated rings. The van der Waals surface area contributed by atoms with Crippen LogP contribution in [0.4, 0.5) is 8.78 Å². The van der Waals surface area contributed by atoms with Crippen LogP contribution in [0.15, 0.2) is 53.4 Å². The Hall–Kier alpha value is -3.84. The minimum Gasteiger partial charge on any atom is -0.395 e. The fourth-order valence-electron chi connectivity index (χ4n) is 4.58. The number of aliphatic hydroxyl groups is 1. The number of hydrogen-bond donors (Lipinski definition) is 3. The van der Waals surface area contributed by atoms with Crippen molar-refractivity contribution in [3.63, 3.8) is 0 Å². The van der Waals surface area contributed by atoms with Crippen LogP contribution in [0, 0.1) is 17.2 Å². The van der Waals surface area contributed by atoms with E-state index in [-0.39, 0.29) is 50.6 Å². The molecule has 2 atom stereocenters. The lowest BCUT2D eigenvalue weighted by molar-refractivity contribution is -0.286. The predicted octanol–water partition coefficient (Wildman–Crippen LogP) is 2.05. The summed E-state index contributed by atoms with van der Waals surface area (Å²) in [4.78, 5) is 25.9. The number of likely N-dealkylation sites (N-methyl/N-ethyl adjacent to an activating group) is 1. The first-order valence-corrected chi connectivity index (χ1v) is 15.3. The minimum atomic E-state index is -4.53. The van der Waals surface area contributed by atoms with Crippen molar-refractivity contribution in [3.05, 3.63) is 54.1 Å². The van der Waals surface area contributed by atoms with Gasteiger partial charge in [0.15, 0.2) is 11.5 Å². The van der Waals surface area contributed by atoms with Gasteiger partial charge in [-0.2, -0.15) is 9.57 Å². The fraction of sp³-hybridized carbons (Fsp3) is 0.483. The van der Waals surface area contributed by atoms with Gasteiger partial charge >= 0.3 is 6.29 Å². The van der Waals surface area contributed by atoms with Gasteiger partial charge in [-0.15, -0.1) is 8.78 Å². The van der Waals surface area contributed by atoms with Crippen LogP contribution in [-0.4, -0.2) is 86.3 Å². The van der Waals surface area contributed by atoms with E-state index in [1.54, 1.807) is 63.2 Å².